The van der Waals surface area contributed by atoms with Crippen molar-refractivity contribution in [2.24, 2.45) is 0 Å². The summed E-state index contributed by atoms with van der Waals surface area (Å²) in [5, 5.41) is 10.2. The Labute approximate surface area is 170 Å². The number of nitrogens with zero attached hydrogens (tertiary/aromatic N) is 2. The van der Waals surface area contributed by atoms with E-state index in [-0.39, 0.29) is 18.4 Å². The van der Waals surface area contributed by atoms with Crippen LogP contribution in [0.25, 0.3) is 16.9 Å². The molecule has 1 aromatic heterocycles. The second kappa shape index (κ2) is 9.19. The van der Waals surface area contributed by atoms with Crippen LogP contribution in [0.3, 0.4) is 0 Å². The van der Waals surface area contributed by atoms with Gasteiger partial charge in [0.1, 0.15) is 5.69 Å². The molecule has 0 spiro atoms. The summed E-state index contributed by atoms with van der Waals surface area (Å²) in [6.07, 6.45) is 2.56. The maximum absolute atomic E-state index is 12.9. The van der Waals surface area contributed by atoms with Gasteiger partial charge in [0.05, 0.1) is 17.8 Å². The van der Waals surface area contributed by atoms with Crippen LogP contribution < -0.4 is 10.6 Å². The van der Waals surface area contributed by atoms with Crippen molar-refractivity contribution in [2.75, 3.05) is 13.1 Å². The van der Waals surface area contributed by atoms with E-state index in [2.05, 4.69) is 16.7 Å². The van der Waals surface area contributed by atoms with Gasteiger partial charge in [0.2, 0.25) is 5.91 Å². The third-order valence-electron chi connectivity index (χ3n) is 4.60. The fraction of sp³-hybridized carbons (Fsp3) is 0.261. The van der Waals surface area contributed by atoms with E-state index >= 15 is 0 Å². The van der Waals surface area contributed by atoms with Crippen LogP contribution in [0.2, 0.25) is 0 Å². The van der Waals surface area contributed by atoms with Crippen LogP contribution in [0.5, 0.6) is 0 Å². The number of nitrogens with one attached hydrogen (secondary N) is 2. The van der Waals surface area contributed by atoms with Crippen LogP contribution in [-0.4, -0.2) is 34.7 Å². The minimum atomic E-state index is -0.325. The molecule has 0 aliphatic heterocycles. The summed E-state index contributed by atoms with van der Waals surface area (Å²) in [7, 11) is 0. The molecule has 2 amide bonds. The van der Waals surface area contributed by atoms with Gasteiger partial charge in [-0.2, -0.15) is 5.10 Å². The van der Waals surface area contributed by atoms with Crippen molar-refractivity contribution in [3.05, 3.63) is 71.4 Å². The number of aromatic nitrogens is 2. The van der Waals surface area contributed by atoms with Gasteiger partial charge in [-0.05, 0) is 38.0 Å². The van der Waals surface area contributed by atoms with Crippen molar-refractivity contribution in [1.29, 1.82) is 0 Å². The minimum absolute atomic E-state index is 0.0678. The highest BCUT2D eigenvalue weighted by Crippen LogP contribution is 2.27. The molecular weight excluding hydrogens is 364 g/mol. The van der Waals surface area contributed by atoms with Gasteiger partial charge in [0, 0.05) is 18.3 Å². The molecule has 3 aromatic rings. The lowest BCUT2D eigenvalue weighted by atomic mass is 10.0. The number of hydrogen-bond acceptors (Lipinski definition) is 3. The number of carbonyl (C=O) groups excluding carboxylic acids is 2. The zero-order valence-corrected chi connectivity index (χ0v) is 17.0. The van der Waals surface area contributed by atoms with Crippen molar-refractivity contribution in [3.63, 3.8) is 0 Å². The van der Waals surface area contributed by atoms with Gasteiger partial charge in [0.25, 0.3) is 5.91 Å². The topological polar surface area (TPSA) is 76.0 Å². The highest BCUT2D eigenvalue weighted by molar-refractivity contribution is 6.01. The van der Waals surface area contributed by atoms with E-state index in [1.807, 2.05) is 63.2 Å². The summed E-state index contributed by atoms with van der Waals surface area (Å²) in [5.74, 6) is -0.530. The fourth-order valence-electron chi connectivity index (χ4n) is 3.11. The molecule has 0 aliphatic carbocycles. The molecule has 0 aliphatic rings. The van der Waals surface area contributed by atoms with Gasteiger partial charge in [-0.15, -0.1) is 0 Å². The van der Waals surface area contributed by atoms with Gasteiger partial charge in [-0.25, -0.2) is 4.68 Å². The van der Waals surface area contributed by atoms with Gasteiger partial charge < -0.3 is 10.6 Å². The van der Waals surface area contributed by atoms with Crippen molar-refractivity contribution < 1.29 is 9.59 Å². The fourth-order valence-corrected chi connectivity index (χ4v) is 3.11. The van der Waals surface area contributed by atoms with E-state index in [0.717, 1.165) is 28.8 Å². The van der Waals surface area contributed by atoms with E-state index in [9.17, 15) is 9.59 Å². The zero-order valence-electron chi connectivity index (χ0n) is 17.0. The van der Waals surface area contributed by atoms with Crippen LogP contribution in [-0.2, 0) is 4.79 Å². The molecule has 150 valence electrons. The molecule has 6 heteroatoms. The molecule has 29 heavy (non-hydrogen) atoms. The maximum atomic E-state index is 12.9. The van der Waals surface area contributed by atoms with Gasteiger partial charge in [-0.3, -0.25) is 9.59 Å². The summed E-state index contributed by atoms with van der Waals surface area (Å²) in [6, 6.07) is 15.7. The molecule has 0 radical (unpaired) electrons. The lowest BCUT2D eigenvalue weighted by molar-refractivity contribution is -0.120. The molecule has 2 N–H and O–H groups in total. The summed E-state index contributed by atoms with van der Waals surface area (Å²) in [6.45, 7) is 6.54. The van der Waals surface area contributed by atoms with Gasteiger partial charge >= 0.3 is 0 Å². The third kappa shape index (κ3) is 4.90. The van der Waals surface area contributed by atoms with E-state index < -0.39 is 0 Å². The zero-order chi connectivity index (χ0) is 20.8. The third-order valence-corrected chi connectivity index (χ3v) is 4.60. The Balaban J connectivity index is 1.94. The second-order valence-electron chi connectivity index (χ2n) is 7.02. The molecule has 0 atom stereocenters. The van der Waals surface area contributed by atoms with E-state index in [1.54, 1.807) is 10.9 Å². The van der Waals surface area contributed by atoms with Crippen LogP contribution in [0.4, 0.5) is 0 Å². The molecule has 0 bridgehead atoms. The average Bonchev–Trinajstić information content (AvgIpc) is 3.16. The molecule has 1 heterocycles. The number of amides is 2. The maximum Gasteiger partial charge on any atom is 0.255 e. The normalized spacial score (nSPS) is 10.6. The summed E-state index contributed by atoms with van der Waals surface area (Å²) in [4.78, 5) is 24.8. The predicted molar refractivity (Wildman–Crippen MR) is 114 cm³/mol. The quantitative estimate of drug-likeness (QED) is 0.649. The number of carbonyl (C=O) groups is 2. The second-order valence-corrected chi connectivity index (χ2v) is 7.02. The highest BCUT2D eigenvalue weighted by atomic mass is 16.2. The Bertz CT molecular complexity index is 1010. The van der Waals surface area contributed by atoms with Crippen molar-refractivity contribution >= 4 is 11.8 Å². The predicted octanol–water partition coefficient (Wildman–Crippen LogP) is 3.41. The van der Waals surface area contributed by atoms with Crippen molar-refractivity contribution in [1.82, 2.24) is 20.4 Å². The van der Waals surface area contributed by atoms with E-state index in [1.165, 1.54) is 0 Å². The Hall–Kier alpha value is -3.41. The first-order valence-corrected chi connectivity index (χ1v) is 9.77. The Morgan fingerprint density at radius 1 is 1.03 bits per heavy atom. The van der Waals surface area contributed by atoms with E-state index in [0.29, 0.717) is 17.8 Å². The summed E-state index contributed by atoms with van der Waals surface area (Å²) >= 11 is 0. The van der Waals surface area contributed by atoms with Crippen LogP contribution in [0.1, 0.15) is 34.8 Å². The molecule has 0 saturated carbocycles. The lowest BCUT2D eigenvalue weighted by Gasteiger charge is -2.08. The first-order chi connectivity index (χ1) is 14.0. The Morgan fingerprint density at radius 3 is 2.48 bits per heavy atom. The standard InChI is InChI=1S/C23H26N4O2/c1-4-12-24-21(28)14-25-23(29)20-15-27(18-8-6-5-7-9-18)26-22(20)19-11-10-16(2)13-17(19)3/h5-11,13,15H,4,12,14H2,1-3H3,(H,24,28)(H,25,29). The first kappa shape index (κ1) is 20.3. The van der Waals surface area contributed by atoms with Crippen LogP contribution in [0.15, 0.2) is 54.7 Å². The molecule has 0 unspecified atom stereocenters. The molecule has 2 aromatic carbocycles. The highest BCUT2D eigenvalue weighted by Gasteiger charge is 2.20. The number of hydrogen-bond donors (Lipinski definition) is 2. The first-order valence-electron chi connectivity index (χ1n) is 9.77. The SMILES string of the molecule is CCCNC(=O)CNC(=O)c1cn(-c2ccccc2)nc1-c1ccc(C)cc1C. The van der Waals surface area contributed by atoms with Crippen molar-refractivity contribution in [3.8, 4) is 16.9 Å². The lowest BCUT2D eigenvalue weighted by Crippen LogP contribution is -2.37. The van der Waals surface area contributed by atoms with Gasteiger partial charge in [0.15, 0.2) is 0 Å². The minimum Gasteiger partial charge on any atom is -0.355 e. The summed E-state index contributed by atoms with van der Waals surface area (Å²) in [5.41, 5.74) is 4.97. The summed E-state index contributed by atoms with van der Waals surface area (Å²) < 4.78 is 1.70. The number of para-hydroxylation sites is 1. The molecule has 3 rings (SSSR count). The monoisotopic (exact) mass is 390 g/mol. The number of aryl methyl sites for hydroxylation is 2. The van der Waals surface area contributed by atoms with Crippen molar-refractivity contribution in [2.45, 2.75) is 27.2 Å². The van der Waals surface area contributed by atoms with Crippen LogP contribution >= 0.6 is 0 Å². The Morgan fingerprint density at radius 2 is 1.79 bits per heavy atom. The number of rotatable bonds is 7. The average molecular weight is 390 g/mol. The molecule has 0 saturated heterocycles. The largest absolute Gasteiger partial charge is 0.355 e. The molecule has 6 nitrogen and oxygen atoms in total. The van der Waals surface area contributed by atoms with Gasteiger partial charge in [-0.1, -0.05) is 48.9 Å². The van der Waals surface area contributed by atoms with Crippen LogP contribution in [0, 0.1) is 13.8 Å². The Kier molecular flexibility index (Phi) is 6.44. The number of benzene rings is 2. The van der Waals surface area contributed by atoms with E-state index in [4.69, 9.17) is 5.10 Å². The molecule has 0 fully saturated rings. The molecular formula is C23H26N4O2. The smallest absolute Gasteiger partial charge is 0.255 e.